The zero-order chi connectivity index (χ0) is 17.5. The Morgan fingerprint density at radius 2 is 1.73 bits per heavy atom. The van der Waals surface area contributed by atoms with E-state index < -0.39 is 21.1 Å². The van der Waals surface area contributed by atoms with Crippen molar-refractivity contribution in [2.24, 2.45) is 5.92 Å². The van der Waals surface area contributed by atoms with Crippen LogP contribution in [0.15, 0.2) is 0 Å². The van der Waals surface area contributed by atoms with Crippen LogP contribution in [0, 0.1) is 5.92 Å². The average molecular weight is 395 g/mol. The lowest BCUT2D eigenvalue weighted by Gasteiger charge is -2.32. The molecule has 0 aromatic carbocycles. The van der Waals surface area contributed by atoms with Crippen molar-refractivity contribution < 1.29 is 14.3 Å². The highest BCUT2D eigenvalue weighted by atomic mass is 35.6. The Hall–Kier alpha value is 0.1000. The lowest BCUT2D eigenvalue weighted by atomic mass is 9.96. The lowest BCUT2D eigenvalue weighted by Crippen LogP contribution is -2.44. The van der Waals surface area contributed by atoms with Crippen LogP contribution >= 0.6 is 46.4 Å². The number of alkyl halides is 4. The number of halogens is 4. The maximum Gasteiger partial charge on any atom is 0.306 e. The van der Waals surface area contributed by atoms with Gasteiger partial charge in [-0.15, -0.1) is 11.6 Å². The maximum atomic E-state index is 12.7. The van der Waals surface area contributed by atoms with Crippen LogP contribution in [0.2, 0.25) is 0 Å². The smallest absolute Gasteiger partial charge is 0.306 e. The summed E-state index contributed by atoms with van der Waals surface area (Å²) in [6.07, 6.45) is -0.171. The minimum atomic E-state index is -1.59. The van der Waals surface area contributed by atoms with Gasteiger partial charge in [0.1, 0.15) is 0 Å². The van der Waals surface area contributed by atoms with Crippen molar-refractivity contribution in [2.75, 3.05) is 13.2 Å². The second-order valence-corrected chi connectivity index (χ2v) is 8.25. The molecule has 0 aliphatic heterocycles. The van der Waals surface area contributed by atoms with Crippen LogP contribution in [0.25, 0.3) is 0 Å². The number of ether oxygens (including phenoxy) is 1. The number of esters is 1. The second-order valence-electron chi connectivity index (χ2n) is 5.17. The third-order valence-electron chi connectivity index (χ3n) is 3.12. The summed E-state index contributed by atoms with van der Waals surface area (Å²) < 4.78 is 3.32. The predicted molar refractivity (Wildman–Crippen MR) is 91.8 cm³/mol. The predicted octanol–water partition coefficient (Wildman–Crippen LogP) is 4.18. The average Bonchev–Trinajstić information content (AvgIpc) is 2.34. The number of hydrogen-bond donors (Lipinski definition) is 0. The van der Waals surface area contributed by atoms with Crippen molar-refractivity contribution >= 4 is 58.3 Å². The molecule has 1 amide bonds. The second kappa shape index (κ2) is 10.1. The molecule has 0 heterocycles. The first-order valence-electron chi connectivity index (χ1n) is 7.20. The van der Waals surface area contributed by atoms with Gasteiger partial charge in [-0.1, -0.05) is 34.8 Å². The van der Waals surface area contributed by atoms with Gasteiger partial charge in [-0.2, -0.15) is 0 Å². The van der Waals surface area contributed by atoms with Gasteiger partial charge in [-0.3, -0.25) is 9.59 Å². The van der Waals surface area contributed by atoms with E-state index in [1.54, 1.807) is 11.8 Å². The van der Waals surface area contributed by atoms with Crippen molar-refractivity contribution in [3.63, 3.8) is 0 Å². The van der Waals surface area contributed by atoms with Gasteiger partial charge in [0.15, 0.2) is 3.79 Å². The summed E-state index contributed by atoms with van der Waals surface area (Å²) >= 11 is 23.5. The zero-order valence-corrected chi connectivity index (χ0v) is 16.3. The molecule has 2 unspecified atom stereocenters. The van der Waals surface area contributed by atoms with Gasteiger partial charge in [0, 0.05) is 24.4 Å². The Kier molecular flexibility index (Phi) is 10.1. The fourth-order valence-corrected chi connectivity index (χ4v) is 3.29. The largest absolute Gasteiger partial charge is 0.466 e. The van der Waals surface area contributed by atoms with Gasteiger partial charge in [-0.05, 0) is 27.7 Å². The standard InChI is InChI=1S/C14H23Cl4NO3/c1-5-19(9(3)4)13(21)10(7-12(20)22-6-2)11(15)8-14(16,17)18/h9-11H,5-8H2,1-4H3. The number of rotatable bonds is 8. The molecule has 0 aromatic heterocycles. The first-order chi connectivity index (χ1) is 10.0. The fraction of sp³-hybridized carbons (Fsp3) is 0.857. The number of carbonyl (C=O) groups is 2. The molecule has 0 aromatic rings. The van der Waals surface area contributed by atoms with Crippen LogP contribution < -0.4 is 0 Å². The molecule has 0 radical (unpaired) electrons. The van der Waals surface area contributed by atoms with Crippen LogP contribution in [-0.4, -0.2) is 45.1 Å². The van der Waals surface area contributed by atoms with Crippen molar-refractivity contribution in [2.45, 2.75) is 55.7 Å². The number of hydrogen-bond acceptors (Lipinski definition) is 3. The Balaban J connectivity index is 5.22. The highest BCUT2D eigenvalue weighted by Crippen LogP contribution is 2.36. The first-order valence-corrected chi connectivity index (χ1v) is 8.77. The molecule has 4 nitrogen and oxygen atoms in total. The van der Waals surface area contributed by atoms with E-state index in [2.05, 4.69) is 0 Å². The SMILES string of the molecule is CCOC(=O)CC(C(=O)N(CC)C(C)C)C(Cl)CC(Cl)(Cl)Cl. The summed E-state index contributed by atoms with van der Waals surface area (Å²) in [6, 6.07) is -0.0150. The zero-order valence-electron chi connectivity index (χ0n) is 13.2. The summed E-state index contributed by atoms with van der Waals surface area (Å²) in [5, 5.41) is -0.780. The highest BCUT2D eigenvalue weighted by molar-refractivity contribution is 6.67. The highest BCUT2D eigenvalue weighted by Gasteiger charge is 2.37. The lowest BCUT2D eigenvalue weighted by molar-refractivity contribution is -0.149. The summed E-state index contributed by atoms with van der Waals surface area (Å²) in [4.78, 5) is 26.1. The van der Waals surface area contributed by atoms with Crippen molar-refractivity contribution in [3.8, 4) is 0 Å². The van der Waals surface area contributed by atoms with Crippen LogP contribution in [0.3, 0.4) is 0 Å². The maximum absolute atomic E-state index is 12.7. The molecule has 0 aliphatic rings. The van der Waals surface area contributed by atoms with E-state index in [1.807, 2.05) is 20.8 Å². The van der Waals surface area contributed by atoms with E-state index in [0.29, 0.717) is 6.54 Å². The van der Waals surface area contributed by atoms with Gasteiger partial charge in [0.05, 0.1) is 18.9 Å². The molecule has 0 spiro atoms. The molecule has 0 fully saturated rings. The van der Waals surface area contributed by atoms with Crippen LogP contribution in [0.5, 0.6) is 0 Å². The van der Waals surface area contributed by atoms with Gasteiger partial charge >= 0.3 is 5.97 Å². The normalized spacial score (nSPS) is 14.6. The Morgan fingerprint density at radius 3 is 2.09 bits per heavy atom. The van der Waals surface area contributed by atoms with Gasteiger partial charge in [-0.25, -0.2) is 0 Å². The Labute approximate surface area is 152 Å². The first kappa shape index (κ1) is 22.1. The van der Waals surface area contributed by atoms with Gasteiger partial charge in [0.25, 0.3) is 0 Å². The van der Waals surface area contributed by atoms with Crippen molar-refractivity contribution in [1.29, 1.82) is 0 Å². The summed E-state index contributed by atoms with van der Waals surface area (Å²) in [5.74, 6) is -1.52. The van der Waals surface area contributed by atoms with E-state index in [4.69, 9.17) is 51.1 Å². The third-order valence-corrected chi connectivity index (χ3v) is 4.04. The molecule has 0 saturated heterocycles. The van der Waals surface area contributed by atoms with Crippen molar-refractivity contribution in [3.05, 3.63) is 0 Å². The molecule has 8 heteroatoms. The number of nitrogens with zero attached hydrogens (tertiary/aromatic N) is 1. The summed E-state index contributed by atoms with van der Waals surface area (Å²) in [6.45, 7) is 8.08. The molecule has 0 rings (SSSR count). The third kappa shape index (κ3) is 8.09. The minimum Gasteiger partial charge on any atom is -0.466 e. The molecule has 0 saturated carbocycles. The van der Waals surface area contributed by atoms with Gasteiger partial charge < -0.3 is 9.64 Å². The molecule has 0 bridgehead atoms. The van der Waals surface area contributed by atoms with E-state index in [1.165, 1.54) is 0 Å². The summed E-state index contributed by atoms with van der Waals surface area (Å²) in [7, 11) is 0. The van der Waals surface area contributed by atoms with E-state index in [-0.39, 0.29) is 31.4 Å². The molecule has 130 valence electrons. The Morgan fingerprint density at radius 1 is 1.18 bits per heavy atom. The van der Waals surface area contributed by atoms with Crippen molar-refractivity contribution in [1.82, 2.24) is 4.90 Å². The van der Waals surface area contributed by atoms with E-state index in [0.717, 1.165) is 0 Å². The van der Waals surface area contributed by atoms with Crippen LogP contribution in [-0.2, 0) is 14.3 Å². The molecular weight excluding hydrogens is 372 g/mol. The van der Waals surface area contributed by atoms with E-state index in [9.17, 15) is 9.59 Å². The molecule has 22 heavy (non-hydrogen) atoms. The van der Waals surface area contributed by atoms with Crippen LogP contribution in [0.4, 0.5) is 0 Å². The molecule has 2 atom stereocenters. The number of amides is 1. The topological polar surface area (TPSA) is 46.6 Å². The fourth-order valence-electron chi connectivity index (χ4n) is 2.12. The molecular formula is C14H23Cl4NO3. The number of carbonyl (C=O) groups excluding carboxylic acids is 2. The minimum absolute atomic E-state index is 0.0150. The van der Waals surface area contributed by atoms with Gasteiger partial charge in [0.2, 0.25) is 5.91 Å². The summed E-state index contributed by atoms with van der Waals surface area (Å²) in [5.41, 5.74) is 0. The van der Waals surface area contributed by atoms with E-state index >= 15 is 0 Å². The monoisotopic (exact) mass is 393 g/mol. The molecule has 0 aliphatic carbocycles. The Bertz CT molecular complexity index is 372. The van der Waals surface area contributed by atoms with Crippen LogP contribution in [0.1, 0.15) is 40.5 Å². The quantitative estimate of drug-likeness (QED) is 0.458. The molecule has 0 N–H and O–H groups in total.